The van der Waals surface area contributed by atoms with Crippen molar-refractivity contribution in [3.8, 4) is 6.07 Å². The van der Waals surface area contributed by atoms with Crippen molar-refractivity contribution >= 4 is 17.7 Å². The molecule has 31 heavy (non-hydrogen) atoms. The number of ether oxygens (including phenoxy) is 1. The summed E-state index contributed by atoms with van der Waals surface area (Å²) >= 11 is 0. The van der Waals surface area contributed by atoms with Crippen molar-refractivity contribution in [1.82, 2.24) is 14.9 Å². The van der Waals surface area contributed by atoms with Gasteiger partial charge in [-0.2, -0.15) is 10.2 Å². The van der Waals surface area contributed by atoms with E-state index < -0.39 is 5.41 Å². The van der Waals surface area contributed by atoms with Gasteiger partial charge in [-0.1, -0.05) is 31.2 Å². The lowest BCUT2D eigenvalue weighted by atomic mass is 9.85. The molecular formula is C23H28N6O2. The zero-order chi connectivity index (χ0) is 21.7. The number of aromatic nitrogens is 2. The summed E-state index contributed by atoms with van der Waals surface area (Å²) in [7, 11) is 0. The Balaban J connectivity index is 1.35. The molecule has 2 saturated heterocycles. The second kappa shape index (κ2) is 9.41. The fraction of sp³-hybridized carbons (Fsp3) is 0.478. The number of rotatable bonds is 7. The lowest BCUT2D eigenvalue weighted by Gasteiger charge is -2.26. The van der Waals surface area contributed by atoms with Crippen molar-refractivity contribution in [2.24, 2.45) is 5.41 Å². The Morgan fingerprint density at radius 1 is 1.16 bits per heavy atom. The van der Waals surface area contributed by atoms with E-state index in [-0.39, 0.29) is 5.91 Å². The maximum Gasteiger partial charge on any atom is 0.248 e. The predicted molar refractivity (Wildman–Crippen MR) is 117 cm³/mol. The van der Waals surface area contributed by atoms with E-state index in [0.29, 0.717) is 37.7 Å². The van der Waals surface area contributed by atoms with E-state index in [0.717, 1.165) is 38.4 Å². The molecule has 0 saturated carbocycles. The number of hydrogen-bond acceptors (Lipinski definition) is 7. The smallest absolute Gasteiger partial charge is 0.248 e. The Morgan fingerprint density at radius 2 is 1.90 bits per heavy atom. The molecule has 1 aromatic heterocycles. The molecule has 1 aromatic carbocycles. The van der Waals surface area contributed by atoms with Crippen LogP contribution in [0.1, 0.15) is 30.9 Å². The Kier molecular flexibility index (Phi) is 6.44. The highest BCUT2D eigenvalue weighted by Crippen LogP contribution is 2.36. The van der Waals surface area contributed by atoms with Crippen LogP contribution in [0, 0.1) is 16.7 Å². The molecule has 2 aliphatic rings. The lowest BCUT2D eigenvalue weighted by Crippen LogP contribution is -2.35. The molecule has 8 heteroatoms. The maximum atomic E-state index is 12.8. The van der Waals surface area contributed by atoms with Crippen LogP contribution in [0.2, 0.25) is 0 Å². The summed E-state index contributed by atoms with van der Waals surface area (Å²) in [6.45, 7) is 7.47. The standard InChI is InChI=1S/C23H28N6O2/c1-2-23(17-24)8-10-29(21(23)30)20-7-9-25-22(27-20)26-15-18-3-5-19(6-4-18)16-28-11-13-31-14-12-28/h3-7,9H,2,8,10-16H2,1H3,(H,25,26,27). The minimum absolute atomic E-state index is 0.169. The van der Waals surface area contributed by atoms with E-state index in [9.17, 15) is 10.1 Å². The summed E-state index contributed by atoms with van der Waals surface area (Å²) in [5, 5.41) is 12.7. The van der Waals surface area contributed by atoms with Crippen molar-refractivity contribution < 1.29 is 9.53 Å². The molecule has 162 valence electrons. The highest BCUT2D eigenvalue weighted by atomic mass is 16.5. The molecule has 0 spiro atoms. The average Bonchev–Trinajstić information content (AvgIpc) is 3.16. The van der Waals surface area contributed by atoms with Crippen LogP contribution in [0.15, 0.2) is 36.5 Å². The van der Waals surface area contributed by atoms with Gasteiger partial charge in [-0.05, 0) is 30.0 Å². The Labute approximate surface area is 182 Å². The average molecular weight is 421 g/mol. The lowest BCUT2D eigenvalue weighted by molar-refractivity contribution is -0.123. The number of nitriles is 1. The van der Waals surface area contributed by atoms with Gasteiger partial charge >= 0.3 is 0 Å². The van der Waals surface area contributed by atoms with Gasteiger partial charge in [-0.25, -0.2) is 4.98 Å². The SMILES string of the molecule is CCC1(C#N)CCN(c2ccnc(NCc3ccc(CN4CCOCC4)cc3)n2)C1=O. The molecule has 1 N–H and O–H groups in total. The van der Waals surface area contributed by atoms with Gasteiger partial charge in [0, 0.05) is 38.9 Å². The first kappa shape index (κ1) is 21.2. The van der Waals surface area contributed by atoms with E-state index in [1.165, 1.54) is 5.56 Å². The fourth-order valence-corrected chi connectivity index (χ4v) is 4.04. The number of carbonyl (C=O) groups is 1. The molecule has 0 radical (unpaired) electrons. The largest absolute Gasteiger partial charge is 0.379 e. The van der Waals surface area contributed by atoms with E-state index >= 15 is 0 Å². The number of hydrogen-bond donors (Lipinski definition) is 1. The van der Waals surface area contributed by atoms with Crippen LogP contribution < -0.4 is 10.2 Å². The van der Waals surface area contributed by atoms with Gasteiger partial charge in [-0.15, -0.1) is 0 Å². The molecule has 3 heterocycles. The van der Waals surface area contributed by atoms with Gasteiger partial charge in [0.1, 0.15) is 11.2 Å². The molecule has 1 atom stereocenters. The highest BCUT2D eigenvalue weighted by Gasteiger charge is 2.46. The third kappa shape index (κ3) is 4.68. The Morgan fingerprint density at radius 3 is 2.58 bits per heavy atom. The molecule has 1 amide bonds. The molecule has 0 aliphatic carbocycles. The number of amides is 1. The molecular weight excluding hydrogens is 392 g/mol. The van der Waals surface area contributed by atoms with E-state index in [1.807, 2.05) is 6.92 Å². The number of nitrogens with zero attached hydrogens (tertiary/aromatic N) is 5. The van der Waals surface area contributed by atoms with Crippen molar-refractivity contribution in [2.45, 2.75) is 32.9 Å². The fourth-order valence-electron chi connectivity index (χ4n) is 4.04. The summed E-state index contributed by atoms with van der Waals surface area (Å²) in [5.74, 6) is 0.834. The van der Waals surface area contributed by atoms with Gasteiger partial charge in [0.25, 0.3) is 0 Å². The van der Waals surface area contributed by atoms with Crippen LogP contribution in [-0.2, 0) is 22.6 Å². The molecule has 2 aromatic rings. The summed E-state index contributed by atoms with van der Waals surface area (Å²) < 4.78 is 5.40. The van der Waals surface area contributed by atoms with Crippen LogP contribution in [0.5, 0.6) is 0 Å². The molecule has 2 aliphatic heterocycles. The van der Waals surface area contributed by atoms with Crippen molar-refractivity contribution in [3.05, 3.63) is 47.7 Å². The van der Waals surface area contributed by atoms with Crippen molar-refractivity contribution in [3.63, 3.8) is 0 Å². The quantitative estimate of drug-likeness (QED) is 0.736. The molecule has 2 fully saturated rings. The van der Waals surface area contributed by atoms with Crippen LogP contribution in [0.3, 0.4) is 0 Å². The van der Waals surface area contributed by atoms with Crippen LogP contribution >= 0.6 is 0 Å². The van der Waals surface area contributed by atoms with Crippen LogP contribution in [-0.4, -0.2) is 53.6 Å². The summed E-state index contributed by atoms with van der Waals surface area (Å²) in [5.41, 5.74) is 1.49. The van der Waals surface area contributed by atoms with Crippen LogP contribution in [0.25, 0.3) is 0 Å². The Bertz CT molecular complexity index is 951. The Hall–Kier alpha value is -3.02. The minimum Gasteiger partial charge on any atom is -0.379 e. The third-order valence-corrected chi connectivity index (χ3v) is 6.14. The number of nitrogens with one attached hydrogen (secondary N) is 1. The summed E-state index contributed by atoms with van der Waals surface area (Å²) in [6.07, 6.45) is 2.68. The maximum absolute atomic E-state index is 12.8. The predicted octanol–water partition coefficient (Wildman–Crippen LogP) is 2.58. The number of morpholine rings is 1. The van der Waals surface area contributed by atoms with E-state index in [4.69, 9.17) is 4.74 Å². The summed E-state index contributed by atoms with van der Waals surface area (Å²) in [4.78, 5) is 25.5. The molecule has 8 nitrogen and oxygen atoms in total. The van der Waals surface area contributed by atoms with Gasteiger partial charge in [-0.3, -0.25) is 14.6 Å². The first-order valence-corrected chi connectivity index (χ1v) is 10.8. The first-order valence-electron chi connectivity index (χ1n) is 10.8. The highest BCUT2D eigenvalue weighted by molar-refractivity contribution is 6.01. The van der Waals surface area contributed by atoms with Crippen LogP contribution in [0.4, 0.5) is 11.8 Å². The number of anilines is 2. The van der Waals surface area contributed by atoms with E-state index in [1.54, 1.807) is 17.2 Å². The minimum atomic E-state index is -0.929. The topological polar surface area (TPSA) is 94.4 Å². The van der Waals surface area contributed by atoms with Gasteiger partial charge in [0.15, 0.2) is 0 Å². The zero-order valence-electron chi connectivity index (χ0n) is 17.9. The molecule has 1 unspecified atom stereocenters. The second-order valence-electron chi connectivity index (χ2n) is 8.05. The monoisotopic (exact) mass is 420 g/mol. The number of carbonyl (C=O) groups excluding carboxylic acids is 1. The number of benzene rings is 1. The van der Waals surface area contributed by atoms with Gasteiger partial charge < -0.3 is 10.1 Å². The molecule has 0 bridgehead atoms. The normalized spacial score (nSPS) is 21.8. The van der Waals surface area contributed by atoms with Crippen molar-refractivity contribution in [2.75, 3.05) is 43.1 Å². The zero-order valence-corrected chi connectivity index (χ0v) is 17.9. The van der Waals surface area contributed by atoms with Gasteiger partial charge in [0.05, 0.1) is 19.3 Å². The summed E-state index contributed by atoms with van der Waals surface area (Å²) in [6, 6.07) is 12.4. The third-order valence-electron chi connectivity index (χ3n) is 6.14. The van der Waals surface area contributed by atoms with Crippen molar-refractivity contribution in [1.29, 1.82) is 5.26 Å². The van der Waals surface area contributed by atoms with Gasteiger partial charge in [0.2, 0.25) is 11.9 Å². The first-order chi connectivity index (χ1) is 15.1. The van der Waals surface area contributed by atoms with E-state index in [2.05, 4.69) is 50.5 Å². The second-order valence-corrected chi connectivity index (χ2v) is 8.05. The molecule has 4 rings (SSSR count).